The second kappa shape index (κ2) is 3.67. The number of rotatable bonds is 4. The smallest absolute Gasteiger partial charge is 0.265 e. The minimum absolute atomic E-state index is 0.150. The van der Waals surface area contributed by atoms with Gasteiger partial charge in [-0.3, -0.25) is 9.12 Å². The van der Waals surface area contributed by atoms with Crippen molar-refractivity contribution >= 4 is 17.5 Å². The summed E-state index contributed by atoms with van der Waals surface area (Å²) in [4.78, 5) is 0. The van der Waals surface area contributed by atoms with Crippen LogP contribution in [0.4, 0.5) is 0 Å². The van der Waals surface area contributed by atoms with E-state index in [2.05, 4.69) is 4.52 Å². The molecule has 0 aliphatic rings. The van der Waals surface area contributed by atoms with Gasteiger partial charge in [0, 0.05) is 19.9 Å². The number of hydrogen-bond donors (Lipinski definition) is 1. The molecule has 5 nitrogen and oxygen atoms in total. The molecular weight excluding hydrogens is 191 g/mol. The van der Waals surface area contributed by atoms with Gasteiger partial charge in [0.15, 0.2) is 0 Å². The average Bonchev–Trinajstić information content (AvgIpc) is 1.83. The standard InChI is InChI=1S/C4H11O5PS/c1-9-10(2,5)3-4-11(6,7)8/h3-4H2,1-2H3,(H,6,7,8). The zero-order chi connectivity index (χ0) is 9.12. The largest absolute Gasteiger partial charge is 0.332 e. The SMILES string of the molecule is COP(C)(=O)CCS(=O)(=O)O. The van der Waals surface area contributed by atoms with Crippen LogP contribution in [0.25, 0.3) is 0 Å². The molecule has 0 aromatic carbocycles. The lowest BCUT2D eigenvalue weighted by Gasteiger charge is -2.07. The van der Waals surface area contributed by atoms with Gasteiger partial charge in [0.25, 0.3) is 10.1 Å². The average molecular weight is 202 g/mol. The van der Waals surface area contributed by atoms with Crippen LogP contribution in [0.15, 0.2) is 0 Å². The fraction of sp³-hybridized carbons (Fsp3) is 1.00. The molecule has 0 aliphatic carbocycles. The van der Waals surface area contributed by atoms with Gasteiger partial charge in [-0.05, 0) is 0 Å². The first-order valence-electron chi connectivity index (χ1n) is 2.84. The Hall–Kier alpha value is 0.100. The predicted molar refractivity (Wildman–Crippen MR) is 41.8 cm³/mol. The maximum Gasteiger partial charge on any atom is 0.265 e. The topological polar surface area (TPSA) is 80.7 Å². The zero-order valence-corrected chi connectivity index (χ0v) is 8.06. The van der Waals surface area contributed by atoms with Crippen molar-refractivity contribution in [3.63, 3.8) is 0 Å². The molecule has 0 amide bonds. The molecule has 0 aromatic rings. The van der Waals surface area contributed by atoms with Crippen LogP contribution in [0, 0.1) is 0 Å². The van der Waals surface area contributed by atoms with E-state index in [-0.39, 0.29) is 6.16 Å². The van der Waals surface area contributed by atoms with Crippen LogP contribution in [-0.4, -0.2) is 38.7 Å². The lowest BCUT2D eigenvalue weighted by molar-refractivity contribution is 0.399. The Bertz CT molecular complexity index is 256. The molecule has 0 saturated carbocycles. The highest BCUT2D eigenvalue weighted by Gasteiger charge is 2.17. The van der Waals surface area contributed by atoms with E-state index in [4.69, 9.17) is 4.55 Å². The summed E-state index contributed by atoms with van der Waals surface area (Å²) in [5.41, 5.74) is 0. The summed E-state index contributed by atoms with van der Waals surface area (Å²) in [6.07, 6.45) is -0.150. The summed E-state index contributed by atoms with van der Waals surface area (Å²) in [5.74, 6) is -0.519. The van der Waals surface area contributed by atoms with E-state index in [9.17, 15) is 13.0 Å². The molecule has 0 bridgehead atoms. The van der Waals surface area contributed by atoms with Crippen LogP contribution in [0.3, 0.4) is 0 Å². The van der Waals surface area contributed by atoms with E-state index >= 15 is 0 Å². The highest BCUT2D eigenvalue weighted by atomic mass is 32.2. The van der Waals surface area contributed by atoms with Crippen molar-refractivity contribution in [1.29, 1.82) is 0 Å². The van der Waals surface area contributed by atoms with Gasteiger partial charge >= 0.3 is 0 Å². The molecule has 0 fully saturated rings. The lowest BCUT2D eigenvalue weighted by atomic mass is 11.0. The van der Waals surface area contributed by atoms with Crippen LogP contribution < -0.4 is 0 Å². The molecule has 0 aliphatic heterocycles. The van der Waals surface area contributed by atoms with Gasteiger partial charge in [0.1, 0.15) is 0 Å². The molecule has 0 radical (unpaired) electrons. The van der Waals surface area contributed by atoms with Gasteiger partial charge in [-0.25, -0.2) is 0 Å². The Kier molecular flexibility index (Phi) is 3.70. The van der Waals surface area contributed by atoms with E-state index in [1.54, 1.807) is 0 Å². The molecule has 7 heteroatoms. The van der Waals surface area contributed by atoms with Crippen LogP contribution in [0.1, 0.15) is 0 Å². The first kappa shape index (κ1) is 11.1. The normalized spacial score (nSPS) is 17.7. The molecule has 11 heavy (non-hydrogen) atoms. The molecule has 1 N–H and O–H groups in total. The third-order valence-corrected chi connectivity index (χ3v) is 3.97. The molecule has 0 spiro atoms. The molecule has 0 saturated heterocycles. The van der Waals surface area contributed by atoms with E-state index in [1.165, 1.54) is 13.8 Å². The van der Waals surface area contributed by atoms with Crippen LogP contribution in [0.2, 0.25) is 0 Å². The van der Waals surface area contributed by atoms with E-state index in [1.807, 2.05) is 0 Å². The summed E-state index contributed by atoms with van der Waals surface area (Å²) in [5, 5.41) is 0. The Morgan fingerprint density at radius 1 is 1.55 bits per heavy atom. The second-order valence-corrected chi connectivity index (χ2v) is 6.62. The van der Waals surface area contributed by atoms with Gasteiger partial charge in [-0.1, -0.05) is 0 Å². The van der Waals surface area contributed by atoms with Gasteiger partial charge < -0.3 is 4.52 Å². The fourth-order valence-electron chi connectivity index (χ4n) is 0.372. The third-order valence-electron chi connectivity index (χ3n) is 1.14. The van der Waals surface area contributed by atoms with Crippen molar-refractivity contribution in [3.8, 4) is 0 Å². The Labute approximate surface area is 66.0 Å². The second-order valence-electron chi connectivity index (χ2n) is 2.21. The van der Waals surface area contributed by atoms with Gasteiger partial charge in [0.05, 0.1) is 5.75 Å². The zero-order valence-electron chi connectivity index (χ0n) is 6.35. The Balaban J connectivity index is 4.01. The number of hydrogen-bond acceptors (Lipinski definition) is 4. The molecule has 1 atom stereocenters. The molecule has 1 unspecified atom stereocenters. The summed E-state index contributed by atoms with van der Waals surface area (Å²) >= 11 is 0. The molecule has 0 rings (SSSR count). The minimum atomic E-state index is -4.02. The highest BCUT2D eigenvalue weighted by Crippen LogP contribution is 2.40. The fourth-order valence-corrected chi connectivity index (χ4v) is 2.80. The minimum Gasteiger partial charge on any atom is -0.332 e. The van der Waals surface area contributed by atoms with Gasteiger partial charge in [-0.15, -0.1) is 0 Å². The highest BCUT2D eigenvalue weighted by molar-refractivity contribution is 7.86. The maximum atomic E-state index is 11.0. The summed E-state index contributed by atoms with van der Waals surface area (Å²) in [7, 11) is -5.59. The summed E-state index contributed by atoms with van der Waals surface area (Å²) in [6.45, 7) is 1.32. The summed E-state index contributed by atoms with van der Waals surface area (Å²) in [6, 6.07) is 0. The van der Waals surface area contributed by atoms with Crippen molar-refractivity contribution < 1.29 is 22.1 Å². The first-order chi connectivity index (χ1) is 4.77. The van der Waals surface area contributed by atoms with Crippen molar-refractivity contribution in [2.75, 3.05) is 25.7 Å². The Morgan fingerprint density at radius 2 is 2.00 bits per heavy atom. The van der Waals surface area contributed by atoms with Crippen molar-refractivity contribution in [3.05, 3.63) is 0 Å². The van der Waals surface area contributed by atoms with Crippen LogP contribution in [0.5, 0.6) is 0 Å². The van der Waals surface area contributed by atoms with Crippen molar-refractivity contribution in [2.45, 2.75) is 0 Å². The van der Waals surface area contributed by atoms with Gasteiger partial charge in [-0.2, -0.15) is 8.42 Å². The van der Waals surface area contributed by atoms with Crippen LogP contribution in [-0.2, 0) is 19.2 Å². The predicted octanol–water partition coefficient (Wildman–Crippen LogP) is 0.429. The molecule has 0 aromatic heterocycles. The Morgan fingerprint density at radius 3 is 2.27 bits per heavy atom. The monoisotopic (exact) mass is 202 g/mol. The lowest BCUT2D eigenvalue weighted by Crippen LogP contribution is -2.08. The van der Waals surface area contributed by atoms with E-state index in [0.717, 1.165) is 0 Å². The van der Waals surface area contributed by atoms with Gasteiger partial charge in [0.2, 0.25) is 7.37 Å². The molecule has 0 heterocycles. The van der Waals surface area contributed by atoms with Crippen molar-refractivity contribution in [1.82, 2.24) is 0 Å². The molecular formula is C4H11O5PS. The van der Waals surface area contributed by atoms with Crippen molar-refractivity contribution in [2.24, 2.45) is 0 Å². The van der Waals surface area contributed by atoms with Crippen LogP contribution >= 0.6 is 7.37 Å². The quantitative estimate of drug-likeness (QED) is 0.528. The van der Waals surface area contributed by atoms with E-state index in [0.29, 0.717) is 0 Å². The maximum absolute atomic E-state index is 11.0. The van der Waals surface area contributed by atoms with E-state index < -0.39 is 23.2 Å². The summed E-state index contributed by atoms with van der Waals surface area (Å²) < 4.78 is 44.2. The third kappa shape index (κ3) is 6.50. The first-order valence-corrected chi connectivity index (χ1v) is 6.71. The molecule has 68 valence electrons.